The molecule has 8 heavy (non-hydrogen) atoms. The highest BCUT2D eigenvalue weighted by atomic mass is 35.5. The third kappa shape index (κ3) is 3.24. The van der Waals surface area contributed by atoms with Crippen LogP contribution in [0.1, 0.15) is 27.2 Å². The van der Waals surface area contributed by atoms with Crippen LogP contribution in [0.2, 0.25) is 0 Å². The van der Waals surface area contributed by atoms with Crippen LogP contribution >= 0.6 is 11.8 Å². The maximum Gasteiger partial charge on any atom is 0.0277 e. The van der Waals surface area contributed by atoms with Crippen LogP contribution in [0, 0.1) is 0 Å². The van der Waals surface area contributed by atoms with E-state index in [2.05, 4.69) is 31.1 Å². The Morgan fingerprint density at radius 1 is 1.50 bits per heavy atom. The molecule has 2 nitrogen and oxygen atoms in total. The van der Waals surface area contributed by atoms with Crippen molar-refractivity contribution in [1.29, 1.82) is 0 Å². The summed E-state index contributed by atoms with van der Waals surface area (Å²) in [7, 11) is 0. The Kier molecular flexibility index (Phi) is 3.36. The Hall–Kier alpha value is 0.210. The van der Waals surface area contributed by atoms with Crippen molar-refractivity contribution < 1.29 is 0 Å². The molecule has 0 aromatic carbocycles. The van der Waals surface area contributed by atoms with Gasteiger partial charge in [0.25, 0.3) is 0 Å². The van der Waals surface area contributed by atoms with Gasteiger partial charge in [-0.05, 0) is 32.0 Å². The fourth-order valence-corrected chi connectivity index (χ4v) is 0.472. The van der Waals surface area contributed by atoms with E-state index in [1.165, 1.54) is 0 Å². The molecule has 0 heterocycles. The smallest absolute Gasteiger partial charge is 0.0277 e. The van der Waals surface area contributed by atoms with Crippen LogP contribution in [0.25, 0.3) is 0 Å². The van der Waals surface area contributed by atoms with Crippen LogP contribution in [0.15, 0.2) is 0 Å². The van der Waals surface area contributed by atoms with Crippen molar-refractivity contribution in [2.45, 2.75) is 32.7 Å². The zero-order chi connectivity index (χ0) is 6.62. The summed E-state index contributed by atoms with van der Waals surface area (Å²) in [6.07, 6.45) is 1.05. The van der Waals surface area contributed by atoms with Gasteiger partial charge in [0.1, 0.15) is 0 Å². The highest BCUT2D eigenvalue weighted by Crippen LogP contribution is 2.04. The van der Waals surface area contributed by atoms with E-state index in [4.69, 9.17) is 11.8 Å². The molecule has 0 aromatic rings. The van der Waals surface area contributed by atoms with Crippen LogP contribution in [-0.2, 0) is 0 Å². The number of halogens is 1. The third-order valence-corrected chi connectivity index (χ3v) is 1.36. The van der Waals surface area contributed by atoms with Crippen molar-refractivity contribution >= 4 is 11.8 Å². The highest BCUT2D eigenvalue weighted by Gasteiger charge is 2.11. The van der Waals surface area contributed by atoms with Gasteiger partial charge >= 0.3 is 0 Å². The second-order valence-electron chi connectivity index (χ2n) is 2.46. The second-order valence-corrected chi connectivity index (χ2v) is 2.65. The first kappa shape index (κ1) is 8.21. The second kappa shape index (κ2) is 3.28. The summed E-state index contributed by atoms with van der Waals surface area (Å²) < 4.78 is 0. The molecule has 0 aliphatic carbocycles. The van der Waals surface area contributed by atoms with Crippen LogP contribution < -0.4 is 10.4 Å². The molecule has 2 N–H and O–H groups in total. The molecule has 0 radical (unpaired) electrons. The molecule has 0 saturated heterocycles. The van der Waals surface area contributed by atoms with Crippen molar-refractivity contribution in [3.05, 3.63) is 0 Å². The standard InChI is InChI=1S/C5H13ClN2/c1-4-5(2,3)7-8-6/h7-8H,4H2,1-3H3. The Morgan fingerprint density at radius 3 is 2.12 bits per heavy atom. The number of rotatable bonds is 3. The van der Waals surface area contributed by atoms with Gasteiger partial charge in [-0.25, -0.2) is 5.43 Å². The van der Waals surface area contributed by atoms with Gasteiger partial charge in [-0.1, -0.05) is 6.92 Å². The summed E-state index contributed by atoms with van der Waals surface area (Å²) in [5, 5.41) is 0. The molecular weight excluding hydrogens is 124 g/mol. The van der Waals surface area contributed by atoms with E-state index < -0.39 is 0 Å². The summed E-state index contributed by atoms with van der Waals surface area (Å²) in [4.78, 5) is 2.38. The fraction of sp³-hybridized carbons (Fsp3) is 1.00. The normalized spacial score (nSPS) is 12.0. The summed E-state index contributed by atoms with van der Waals surface area (Å²) in [5.74, 6) is 0. The van der Waals surface area contributed by atoms with Crippen molar-refractivity contribution in [1.82, 2.24) is 10.4 Å². The average molecular weight is 137 g/mol. The Balaban J connectivity index is 3.37. The van der Waals surface area contributed by atoms with Gasteiger partial charge in [-0.2, -0.15) is 4.94 Å². The van der Waals surface area contributed by atoms with Gasteiger partial charge in [-0.15, -0.1) is 0 Å². The first-order chi connectivity index (χ1) is 3.62. The molecule has 0 rings (SSSR count). The number of hydrazine groups is 1. The molecule has 0 unspecified atom stereocenters. The first-order valence-corrected chi connectivity index (χ1v) is 3.13. The quantitative estimate of drug-likeness (QED) is 0.453. The molecule has 0 saturated carbocycles. The van der Waals surface area contributed by atoms with E-state index in [1.807, 2.05) is 0 Å². The van der Waals surface area contributed by atoms with E-state index in [0.29, 0.717) is 0 Å². The van der Waals surface area contributed by atoms with Crippen molar-refractivity contribution in [3.63, 3.8) is 0 Å². The molecule has 0 fully saturated rings. The maximum atomic E-state index is 5.20. The number of hydrogen-bond acceptors (Lipinski definition) is 2. The van der Waals surface area contributed by atoms with Crippen molar-refractivity contribution in [2.75, 3.05) is 0 Å². The zero-order valence-corrected chi connectivity index (χ0v) is 6.34. The third-order valence-electron chi connectivity index (χ3n) is 1.27. The van der Waals surface area contributed by atoms with Gasteiger partial charge in [0, 0.05) is 5.54 Å². The van der Waals surface area contributed by atoms with E-state index in [0.717, 1.165) is 6.42 Å². The minimum absolute atomic E-state index is 0.0990. The molecule has 0 aliphatic heterocycles. The highest BCUT2D eigenvalue weighted by molar-refractivity contribution is 6.13. The van der Waals surface area contributed by atoms with Gasteiger partial charge in [0.2, 0.25) is 0 Å². The van der Waals surface area contributed by atoms with Crippen LogP contribution in [0.3, 0.4) is 0 Å². The molecule has 0 spiro atoms. The monoisotopic (exact) mass is 136 g/mol. The number of hydrogen-bond donors (Lipinski definition) is 2. The van der Waals surface area contributed by atoms with E-state index in [-0.39, 0.29) is 5.54 Å². The summed E-state index contributed by atoms with van der Waals surface area (Å²) in [6.45, 7) is 6.24. The van der Waals surface area contributed by atoms with Crippen molar-refractivity contribution in [3.8, 4) is 0 Å². The maximum absolute atomic E-state index is 5.20. The van der Waals surface area contributed by atoms with Gasteiger partial charge < -0.3 is 0 Å². The molecule has 0 aromatic heterocycles. The van der Waals surface area contributed by atoms with Gasteiger partial charge in [0.15, 0.2) is 0 Å². The molecular formula is C5H13ClN2. The lowest BCUT2D eigenvalue weighted by atomic mass is 10.0. The van der Waals surface area contributed by atoms with Crippen LogP contribution in [0.5, 0.6) is 0 Å². The minimum atomic E-state index is 0.0990. The molecule has 0 amide bonds. The van der Waals surface area contributed by atoms with Gasteiger partial charge in [-0.3, -0.25) is 0 Å². The zero-order valence-electron chi connectivity index (χ0n) is 5.59. The first-order valence-electron chi connectivity index (χ1n) is 2.75. The van der Waals surface area contributed by atoms with Crippen LogP contribution in [-0.4, -0.2) is 5.54 Å². The average Bonchev–Trinajstić information content (AvgIpc) is 1.67. The topological polar surface area (TPSA) is 24.1 Å². The van der Waals surface area contributed by atoms with E-state index >= 15 is 0 Å². The van der Waals surface area contributed by atoms with Gasteiger partial charge in [0.05, 0.1) is 0 Å². The number of nitrogens with one attached hydrogen (secondary N) is 2. The molecule has 0 atom stereocenters. The Morgan fingerprint density at radius 2 is 2.00 bits per heavy atom. The minimum Gasteiger partial charge on any atom is -0.238 e. The largest absolute Gasteiger partial charge is 0.238 e. The summed E-state index contributed by atoms with van der Waals surface area (Å²) in [5.41, 5.74) is 2.99. The van der Waals surface area contributed by atoms with Crippen molar-refractivity contribution in [2.24, 2.45) is 0 Å². The molecule has 0 aliphatic rings. The molecule has 3 heteroatoms. The predicted molar refractivity (Wildman–Crippen MR) is 36.5 cm³/mol. The molecule has 0 bridgehead atoms. The Labute approximate surface area is 55.7 Å². The predicted octanol–water partition coefficient (Wildman–Crippen LogP) is 1.42. The molecule has 50 valence electrons. The van der Waals surface area contributed by atoms with E-state index in [1.54, 1.807) is 0 Å². The SMILES string of the molecule is CCC(C)(C)NNCl. The lowest BCUT2D eigenvalue weighted by Gasteiger charge is -2.22. The summed E-state index contributed by atoms with van der Waals surface area (Å²) in [6, 6.07) is 0. The lowest BCUT2D eigenvalue weighted by Crippen LogP contribution is -2.43. The summed E-state index contributed by atoms with van der Waals surface area (Å²) >= 11 is 5.20. The van der Waals surface area contributed by atoms with Crippen LogP contribution in [0.4, 0.5) is 0 Å². The fourth-order valence-electron chi connectivity index (χ4n) is 0.216. The Bertz CT molecular complexity index is 63.4. The van der Waals surface area contributed by atoms with E-state index in [9.17, 15) is 0 Å². The lowest BCUT2D eigenvalue weighted by molar-refractivity contribution is 0.364.